The number of rotatable bonds is 2. The molecule has 0 aromatic heterocycles. The number of benzene rings is 1. The summed E-state index contributed by atoms with van der Waals surface area (Å²) in [6.45, 7) is 1.17. The second-order valence-corrected chi connectivity index (χ2v) is 5.96. The minimum absolute atomic E-state index is 0.130. The van der Waals surface area contributed by atoms with E-state index in [1.807, 2.05) is 29.2 Å². The van der Waals surface area contributed by atoms with E-state index in [9.17, 15) is 4.79 Å². The van der Waals surface area contributed by atoms with E-state index in [-0.39, 0.29) is 11.4 Å². The van der Waals surface area contributed by atoms with Gasteiger partial charge in [0.25, 0.3) is 0 Å². The lowest BCUT2D eigenvalue weighted by Gasteiger charge is -2.36. The summed E-state index contributed by atoms with van der Waals surface area (Å²) in [5.74, 6) is 0.923. The van der Waals surface area contributed by atoms with Crippen LogP contribution in [-0.2, 0) is 4.79 Å². The van der Waals surface area contributed by atoms with E-state index >= 15 is 0 Å². The van der Waals surface area contributed by atoms with E-state index in [1.54, 1.807) is 0 Å². The topological polar surface area (TPSA) is 55.6 Å². The Morgan fingerprint density at radius 1 is 1.25 bits per heavy atom. The number of anilines is 1. The van der Waals surface area contributed by atoms with Crippen LogP contribution in [0.3, 0.4) is 0 Å². The third-order valence-corrected chi connectivity index (χ3v) is 4.38. The summed E-state index contributed by atoms with van der Waals surface area (Å²) in [5, 5.41) is 0. The first-order valence-corrected chi connectivity index (χ1v) is 7.49. The number of carbonyl (C=O) groups is 1. The molecule has 108 valence electrons. The summed E-state index contributed by atoms with van der Waals surface area (Å²) in [6, 6.07) is 7.72. The van der Waals surface area contributed by atoms with Crippen LogP contribution in [0.5, 0.6) is 5.75 Å². The fourth-order valence-corrected chi connectivity index (χ4v) is 3.26. The number of carbonyl (C=O) groups excluding carboxylic acids is 1. The highest BCUT2D eigenvalue weighted by Gasteiger charge is 2.33. The maximum atomic E-state index is 12.6. The zero-order valence-electron chi connectivity index (χ0n) is 11.8. The molecule has 0 radical (unpaired) electrons. The second kappa shape index (κ2) is 5.44. The molecular formula is C16H22N2O2. The molecule has 0 bridgehead atoms. The lowest BCUT2D eigenvalue weighted by Crippen LogP contribution is -2.48. The Morgan fingerprint density at radius 2 is 2.00 bits per heavy atom. The van der Waals surface area contributed by atoms with Crippen LogP contribution in [0.15, 0.2) is 24.3 Å². The van der Waals surface area contributed by atoms with E-state index in [2.05, 4.69) is 0 Å². The van der Waals surface area contributed by atoms with Crippen molar-refractivity contribution in [1.29, 1.82) is 0 Å². The number of nitrogens with two attached hydrogens (primary N) is 1. The van der Waals surface area contributed by atoms with Crippen molar-refractivity contribution in [2.75, 3.05) is 18.1 Å². The predicted molar refractivity (Wildman–Crippen MR) is 78.9 cm³/mol. The van der Waals surface area contributed by atoms with Gasteiger partial charge in [0, 0.05) is 12.0 Å². The van der Waals surface area contributed by atoms with E-state index in [0.29, 0.717) is 19.6 Å². The molecule has 1 aliphatic carbocycles. The Hall–Kier alpha value is -1.55. The van der Waals surface area contributed by atoms with Crippen molar-refractivity contribution in [2.24, 2.45) is 5.73 Å². The van der Waals surface area contributed by atoms with Crippen LogP contribution in [-0.4, -0.2) is 24.6 Å². The normalized spacial score (nSPS) is 20.9. The highest BCUT2D eigenvalue weighted by Crippen LogP contribution is 2.34. The third kappa shape index (κ3) is 2.66. The molecule has 0 saturated heterocycles. The molecule has 2 N–H and O–H groups in total. The molecule has 4 nitrogen and oxygen atoms in total. The molecular weight excluding hydrogens is 252 g/mol. The lowest BCUT2D eigenvalue weighted by molar-refractivity contribution is -0.120. The molecule has 0 spiro atoms. The van der Waals surface area contributed by atoms with Crippen molar-refractivity contribution >= 4 is 11.6 Å². The number of hydrogen-bond donors (Lipinski definition) is 1. The highest BCUT2D eigenvalue weighted by molar-refractivity contribution is 5.95. The van der Waals surface area contributed by atoms with Crippen LogP contribution in [0.1, 0.15) is 38.5 Å². The average molecular weight is 274 g/mol. The average Bonchev–Trinajstić information content (AvgIpc) is 2.47. The van der Waals surface area contributed by atoms with Gasteiger partial charge < -0.3 is 15.4 Å². The maximum absolute atomic E-state index is 12.6. The summed E-state index contributed by atoms with van der Waals surface area (Å²) in [5.41, 5.74) is 6.98. The van der Waals surface area contributed by atoms with Crippen LogP contribution in [0, 0.1) is 0 Å². The first-order chi connectivity index (χ1) is 9.68. The van der Waals surface area contributed by atoms with Crippen LogP contribution in [0.2, 0.25) is 0 Å². The largest absolute Gasteiger partial charge is 0.490 e. The van der Waals surface area contributed by atoms with Gasteiger partial charge in [0.1, 0.15) is 12.4 Å². The summed E-state index contributed by atoms with van der Waals surface area (Å²) in [7, 11) is 0. The zero-order chi connectivity index (χ0) is 14.0. The molecule has 2 aliphatic rings. The first kappa shape index (κ1) is 13.4. The van der Waals surface area contributed by atoms with Gasteiger partial charge in [-0.25, -0.2) is 0 Å². The van der Waals surface area contributed by atoms with Gasteiger partial charge in [-0.2, -0.15) is 0 Å². The van der Waals surface area contributed by atoms with Crippen molar-refractivity contribution in [1.82, 2.24) is 0 Å². The minimum Gasteiger partial charge on any atom is -0.490 e. The van der Waals surface area contributed by atoms with Gasteiger partial charge >= 0.3 is 0 Å². The summed E-state index contributed by atoms with van der Waals surface area (Å²) in [6.07, 6.45) is 5.90. The molecule has 4 heteroatoms. The predicted octanol–water partition coefficient (Wildman–Crippen LogP) is 2.46. The van der Waals surface area contributed by atoms with Gasteiger partial charge in [0.05, 0.1) is 12.2 Å². The van der Waals surface area contributed by atoms with Crippen LogP contribution in [0.4, 0.5) is 5.69 Å². The molecule has 1 amide bonds. The van der Waals surface area contributed by atoms with Gasteiger partial charge in [0.15, 0.2) is 0 Å². The Kier molecular flexibility index (Phi) is 3.66. The molecule has 1 aromatic rings. The molecule has 1 aromatic carbocycles. The van der Waals surface area contributed by atoms with Crippen molar-refractivity contribution in [3.8, 4) is 5.75 Å². The van der Waals surface area contributed by atoms with E-state index in [4.69, 9.17) is 10.5 Å². The number of nitrogens with zero attached hydrogens (tertiary/aromatic N) is 1. The first-order valence-electron chi connectivity index (χ1n) is 7.49. The quantitative estimate of drug-likeness (QED) is 0.901. The number of ether oxygens (including phenoxy) is 1. The van der Waals surface area contributed by atoms with Crippen LogP contribution >= 0.6 is 0 Å². The summed E-state index contributed by atoms with van der Waals surface area (Å²) >= 11 is 0. The van der Waals surface area contributed by atoms with Crippen molar-refractivity contribution in [2.45, 2.75) is 44.1 Å². The summed E-state index contributed by atoms with van der Waals surface area (Å²) < 4.78 is 5.59. The van der Waals surface area contributed by atoms with E-state index < -0.39 is 0 Å². The van der Waals surface area contributed by atoms with Gasteiger partial charge in [0.2, 0.25) is 5.91 Å². The van der Waals surface area contributed by atoms with Crippen molar-refractivity contribution in [3.63, 3.8) is 0 Å². The molecule has 0 unspecified atom stereocenters. The summed E-state index contributed by atoms with van der Waals surface area (Å²) in [4.78, 5) is 14.5. The number of amides is 1. The van der Waals surface area contributed by atoms with Gasteiger partial charge in [-0.05, 0) is 25.0 Å². The van der Waals surface area contributed by atoms with E-state index in [0.717, 1.165) is 37.1 Å². The van der Waals surface area contributed by atoms with Gasteiger partial charge in [-0.3, -0.25) is 4.79 Å². The van der Waals surface area contributed by atoms with E-state index in [1.165, 1.54) is 6.42 Å². The fraction of sp³-hybridized carbons (Fsp3) is 0.562. The molecule has 3 rings (SSSR count). The second-order valence-electron chi connectivity index (χ2n) is 5.96. The number of hydrogen-bond acceptors (Lipinski definition) is 3. The van der Waals surface area contributed by atoms with Gasteiger partial charge in [-0.1, -0.05) is 31.4 Å². The lowest BCUT2D eigenvalue weighted by atomic mass is 9.80. The van der Waals surface area contributed by atoms with Gasteiger partial charge in [-0.15, -0.1) is 0 Å². The van der Waals surface area contributed by atoms with Crippen molar-refractivity contribution in [3.05, 3.63) is 24.3 Å². The van der Waals surface area contributed by atoms with Crippen molar-refractivity contribution < 1.29 is 9.53 Å². The van der Waals surface area contributed by atoms with Crippen LogP contribution < -0.4 is 15.4 Å². The smallest absolute Gasteiger partial charge is 0.229 e. The Morgan fingerprint density at radius 3 is 2.80 bits per heavy atom. The van der Waals surface area contributed by atoms with Crippen LogP contribution in [0.25, 0.3) is 0 Å². The Balaban J connectivity index is 1.75. The number of para-hydroxylation sites is 2. The Labute approximate surface area is 119 Å². The third-order valence-electron chi connectivity index (χ3n) is 4.38. The SMILES string of the molecule is NC1(CC(=O)N2CCOc3ccccc32)CCCCC1. The highest BCUT2D eigenvalue weighted by atomic mass is 16.5. The minimum atomic E-state index is -0.303. The number of fused-ring (bicyclic) bond motifs is 1. The molecule has 1 heterocycles. The molecule has 0 atom stereocenters. The molecule has 1 fully saturated rings. The zero-order valence-corrected chi connectivity index (χ0v) is 11.8. The molecule has 1 saturated carbocycles. The molecule has 1 aliphatic heterocycles. The fourth-order valence-electron chi connectivity index (χ4n) is 3.26. The maximum Gasteiger partial charge on any atom is 0.229 e. The Bertz CT molecular complexity index is 495. The molecule has 20 heavy (non-hydrogen) atoms. The monoisotopic (exact) mass is 274 g/mol. The standard InChI is InChI=1S/C16H22N2O2/c17-16(8-4-1-5-9-16)12-15(19)18-10-11-20-14-7-3-2-6-13(14)18/h2-3,6-7H,1,4-5,8-12,17H2.